The smallest absolute Gasteiger partial charge is 0.226 e. The van der Waals surface area contributed by atoms with Crippen molar-refractivity contribution in [2.24, 2.45) is 23.2 Å². The SMILES string of the molecule is O=C(NCC(c1ccccc1Cl)N1CCCCC1)C12CC3CC(CC(C3)C1)C2. The van der Waals surface area contributed by atoms with Crippen LogP contribution in [-0.4, -0.2) is 30.4 Å². The van der Waals surface area contributed by atoms with Crippen LogP contribution >= 0.6 is 11.6 Å². The fourth-order valence-corrected chi connectivity index (χ4v) is 7.44. The molecule has 4 saturated carbocycles. The highest BCUT2D eigenvalue weighted by Gasteiger charge is 2.54. The monoisotopic (exact) mass is 400 g/mol. The van der Waals surface area contributed by atoms with Gasteiger partial charge in [-0.3, -0.25) is 9.69 Å². The second-order valence-corrected chi connectivity index (χ2v) is 10.4. The van der Waals surface area contributed by atoms with Crippen LogP contribution in [0.25, 0.3) is 0 Å². The van der Waals surface area contributed by atoms with Crippen molar-refractivity contribution in [2.45, 2.75) is 63.8 Å². The van der Waals surface area contributed by atoms with Gasteiger partial charge in [-0.1, -0.05) is 36.2 Å². The zero-order chi connectivity index (χ0) is 19.1. The van der Waals surface area contributed by atoms with E-state index in [0.29, 0.717) is 12.5 Å². The van der Waals surface area contributed by atoms with Gasteiger partial charge in [-0.05, 0) is 93.8 Å². The van der Waals surface area contributed by atoms with Crippen molar-refractivity contribution in [3.8, 4) is 0 Å². The summed E-state index contributed by atoms with van der Waals surface area (Å²) in [5.41, 5.74) is 1.10. The second kappa shape index (κ2) is 7.65. The van der Waals surface area contributed by atoms with Gasteiger partial charge < -0.3 is 5.32 Å². The molecule has 5 aliphatic rings. The normalized spacial score (nSPS) is 35.7. The van der Waals surface area contributed by atoms with Crippen LogP contribution in [0.2, 0.25) is 5.02 Å². The number of nitrogens with zero attached hydrogens (tertiary/aromatic N) is 1. The number of likely N-dealkylation sites (tertiary alicyclic amines) is 1. The van der Waals surface area contributed by atoms with E-state index in [1.165, 1.54) is 38.5 Å². The molecule has 28 heavy (non-hydrogen) atoms. The van der Waals surface area contributed by atoms with Crippen molar-refractivity contribution in [1.29, 1.82) is 0 Å². The van der Waals surface area contributed by atoms with Crippen LogP contribution in [-0.2, 0) is 4.79 Å². The molecule has 1 saturated heterocycles. The predicted octanol–water partition coefficient (Wildman–Crippen LogP) is 5.20. The fourth-order valence-electron chi connectivity index (χ4n) is 7.18. The Morgan fingerprint density at radius 2 is 1.64 bits per heavy atom. The first kappa shape index (κ1) is 18.9. The van der Waals surface area contributed by atoms with Gasteiger partial charge in [0.2, 0.25) is 5.91 Å². The molecular weight excluding hydrogens is 368 g/mol. The van der Waals surface area contributed by atoms with Crippen LogP contribution < -0.4 is 5.32 Å². The molecule has 1 N–H and O–H groups in total. The summed E-state index contributed by atoms with van der Waals surface area (Å²) in [6.45, 7) is 2.89. The van der Waals surface area contributed by atoms with Crippen molar-refractivity contribution >= 4 is 17.5 Å². The number of nitrogens with one attached hydrogen (secondary N) is 1. The van der Waals surface area contributed by atoms with Crippen molar-refractivity contribution in [3.63, 3.8) is 0 Å². The quantitative estimate of drug-likeness (QED) is 0.736. The van der Waals surface area contributed by atoms with Crippen LogP contribution in [0.15, 0.2) is 24.3 Å². The number of amides is 1. The van der Waals surface area contributed by atoms with Gasteiger partial charge in [0.25, 0.3) is 0 Å². The Balaban J connectivity index is 1.32. The molecule has 1 atom stereocenters. The van der Waals surface area contributed by atoms with E-state index in [2.05, 4.69) is 22.3 Å². The van der Waals surface area contributed by atoms with Crippen molar-refractivity contribution in [1.82, 2.24) is 10.2 Å². The lowest BCUT2D eigenvalue weighted by Gasteiger charge is -2.55. The molecular formula is C24H33ClN2O. The molecule has 0 radical (unpaired) electrons. The van der Waals surface area contributed by atoms with Crippen LogP contribution in [0.3, 0.4) is 0 Å². The van der Waals surface area contributed by atoms with E-state index in [0.717, 1.165) is 60.7 Å². The van der Waals surface area contributed by atoms with Gasteiger partial charge in [-0.25, -0.2) is 0 Å². The van der Waals surface area contributed by atoms with Crippen molar-refractivity contribution in [3.05, 3.63) is 34.9 Å². The van der Waals surface area contributed by atoms with Gasteiger partial charge in [-0.2, -0.15) is 0 Å². The number of piperidine rings is 1. The van der Waals surface area contributed by atoms with Gasteiger partial charge in [0.1, 0.15) is 0 Å². The maximum atomic E-state index is 13.4. The van der Waals surface area contributed by atoms with E-state index in [4.69, 9.17) is 11.6 Å². The Kier molecular flexibility index (Phi) is 5.17. The van der Waals surface area contributed by atoms with E-state index in [9.17, 15) is 4.79 Å². The topological polar surface area (TPSA) is 32.3 Å². The molecule has 0 spiro atoms. The average molecular weight is 401 g/mol. The zero-order valence-corrected chi connectivity index (χ0v) is 17.6. The minimum atomic E-state index is -0.0678. The van der Waals surface area contributed by atoms with Gasteiger partial charge >= 0.3 is 0 Å². The molecule has 1 aromatic rings. The maximum absolute atomic E-state index is 13.4. The highest BCUT2D eigenvalue weighted by Crippen LogP contribution is 2.60. The number of rotatable bonds is 5. The minimum absolute atomic E-state index is 0.0678. The van der Waals surface area contributed by atoms with E-state index in [-0.39, 0.29) is 11.5 Å². The molecule has 4 bridgehead atoms. The number of benzene rings is 1. The number of hydrogen-bond acceptors (Lipinski definition) is 2. The molecule has 1 unspecified atom stereocenters. The molecule has 0 aromatic heterocycles. The third-order valence-electron chi connectivity index (χ3n) is 8.07. The Bertz CT molecular complexity index is 692. The molecule has 1 amide bonds. The number of carbonyl (C=O) groups excluding carboxylic acids is 1. The Morgan fingerprint density at radius 3 is 2.25 bits per heavy atom. The molecule has 1 aromatic carbocycles. The Hall–Kier alpha value is -1.06. The first-order valence-electron chi connectivity index (χ1n) is 11.4. The molecule has 4 heteroatoms. The number of halogens is 1. The van der Waals surface area contributed by atoms with E-state index >= 15 is 0 Å². The van der Waals surface area contributed by atoms with Crippen LogP contribution in [0.1, 0.15) is 69.4 Å². The molecule has 1 heterocycles. The summed E-state index contributed by atoms with van der Waals surface area (Å²) in [5, 5.41) is 4.24. The summed E-state index contributed by atoms with van der Waals surface area (Å²) in [6, 6.07) is 8.37. The summed E-state index contributed by atoms with van der Waals surface area (Å²) >= 11 is 6.57. The lowest BCUT2D eigenvalue weighted by molar-refractivity contribution is -0.146. The Labute approximate surface area is 174 Å². The summed E-state index contributed by atoms with van der Waals surface area (Å²) in [7, 11) is 0. The molecule has 1 aliphatic heterocycles. The molecule has 3 nitrogen and oxygen atoms in total. The first-order chi connectivity index (χ1) is 13.6. The third kappa shape index (κ3) is 3.50. The third-order valence-corrected chi connectivity index (χ3v) is 8.42. The first-order valence-corrected chi connectivity index (χ1v) is 11.8. The molecule has 5 fully saturated rings. The molecule has 152 valence electrons. The average Bonchev–Trinajstić information content (AvgIpc) is 2.69. The summed E-state index contributed by atoms with van der Waals surface area (Å²) in [4.78, 5) is 16.0. The molecule has 4 aliphatic carbocycles. The van der Waals surface area contributed by atoms with Gasteiger partial charge in [-0.15, -0.1) is 0 Å². The number of carbonyl (C=O) groups is 1. The lowest BCUT2D eigenvalue weighted by atomic mass is 9.49. The predicted molar refractivity (Wildman–Crippen MR) is 113 cm³/mol. The number of hydrogen-bond donors (Lipinski definition) is 1. The summed E-state index contributed by atoms with van der Waals surface area (Å²) < 4.78 is 0. The largest absolute Gasteiger partial charge is 0.354 e. The summed E-state index contributed by atoms with van der Waals surface area (Å²) in [5.74, 6) is 2.75. The highest BCUT2D eigenvalue weighted by atomic mass is 35.5. The summed E-state index contributed by atoms with van der Waals surface area (Å²) in [6.07, 6.45) is 11.3. The second-order valence-electron chi connectivity index (χ2n) is 10.0. The molecule has 6 rings (SSSR count). The fraction of sp³-hybridized carbons (Fsp3) is 0.708. The van der Waals surface area contributed by atoms with Crippen LogP contribution in [0, 0.1) is 23.2 Å². The van der Waals surface area contributed by atoms with Gasteiger partial charge in [0.15, 0.2) is 0 Å². The van der Waals surface area contributed by atoms with Crippen LogP contribution in [0.5, 0.6) is 0 Å². The van der Waals surface area contributed by atoms with Gasteiger partial charge in [0, 0.05) is 17.0 Å². The van der Waals surface area contributed by atoms with Gasteiger partial charge in [0.05, 0.1) is 6.04 Å². The van der Waals surface area contributed by atoms with E-state index in [1.54, 1.807) is 0 Å². The standard InChI is InChI=1S/C24H33ClN2O/c25-21-7-3-2-6-20(21)22(27-8-4-1-5-9-27)16-26-23(28)24-13-17-10-18(14-24)12-19(11-17)15-24/h2-3,6-7,17-19,22H,1,4-5,8-16H2,(H,26,28). The zero-order valence-electron chi connectivity index (χ0n) is 16.8. The van der Waals surface area contributed by atoms with Crippen molar-refractivity contribution in [2.75, 3.05) is 19.6 Å². The van der Waals surface area contributed by atoms with Crippen LogP contribution in [0.4, 0.5) is 0 Å². The Morgan fingerprint density at radius 1 is 1.04 bits per heavy atom. The van der Waals surface area contributed by atoms with Crippen molar-refractivity contribution < 1.29 is 4.79 Å². The van der Waals surface area contributed by atoms with E-state index < -0.39 is 0 Å². The highest BCUT2D eigenvalue weighted by molar-refractivity contribution is 6.31. The minimum Gasteiger partial charge on any atom is -0.354 e. The van der Waals surface area contributed by atoms with E-state index in [1.807, 2.05) is 12.1 Å². The maximum Gasteiger partial charge on any atom is 0.226 e. The lowest BCUT2D eigenvalue weighted by Crippen LogP contribution is -2.54.